The Bertz CT molecular complexity index is 995. The summed E-state index contributed by atoms with van der Waals surface area (Å²) in [6, 6.07) is 3.56. The van der Waals surface area contributed by atoms with Crippen molar-refractivity contribution >= 4 is 40.9 Å². The third-order valence-corrected chi connectivity index (χ3v) is 7.18. The molecule has 3 atom stereocenters. The summed E-state index contributed by atoms with van der Waals surface area (Å²) in [6.45, 7) is 0.906. The standard InChI is InChI=1S/C18H20F4NO6PS/c1-3-6-28-17(26)10(2)23-30(27,29-9-18(20,21)22)15(19)11-4-5-13-12(7-11)8-14(31-13)16(24)25/h4-5,7-8,10,15H,3,6,9H2,1-2H3,(H,23,27)(H,24,25)/t10-,15?,30?/m0/s1. The molecule has 0 spiro atoms. The van der Waals surface area contributed by atoms with Crippen LogP contribution >= 0.6 is 18.9 Å². The molecule has 0 aliphatic heterocycles. The Morgan fingerprint density at radius 2 is 1.97 bits per heavy atom. The normalized spacial score (nSPS) is 15.9. The fourth-order valence-corrected chi connectivity index (χ4v) is 5.25. The zero-order chi connectivity index (χ0) is 23.4. The topological polar surface area (TPSA) is 102 Å². The van der Waals surface area contributed by atoms with E-state index in [4.69, 9.17) is 9.84 Å². The van der Waals surface area contributed by atoms with Gasteiger partial charge in [0.15, 0.2) is 6.61 Å². The number of thiophene rings is 1. The van der Waals surface area contributed by atoms with Crippen LogP contribution in [-0.4, -0.2) is 42.5 Å². The number of fused-ring (bicyclic) bond motifs is 1. The number of nitrogens with one attached hydrogen (secondary N) is 1. The summed E-state index contributed by atoms with van der Waals surface area (Å²) in [5, 5.41) is 11.4. The third-order valence-electron chi connectivity index (χ3n) is 3.92. The molecule has 0 saturated carbocycles. The first-order chi connectivity index (χ1) is 14.4. The van der Waals surface area contributed by atoms with Crippen molar-refractivity contribution in [3.05, 3.63) is 34.7 Å². The molecule has 0 aliphatic carbocycles. The highest BCUT2D eigenvalue weighted by atomic mass is 32.1. The first-order valence-electron chi connectivity index (χ1n) is 9.02. The minimum Gasteiger partial charge on any atom is -0.477 e. The summed E-state index contributed by atoms with van der Waals surface area (Å²) in [4.78, 5) is 23.0. The molecule has 0 saturated heterocycles. The largest absolute Gasteiger partial charge is 0.477 e. The van der Waals surface area contributed by atoms with Gasteiger partial charge in [0.05, 0.1) is 6.61 Å². The Labute approximate surface area is 178 Å². The van der Waals surface area contributed by atoms with Gasteiger partial charge in [0, 0.05) is 4.70 Å². The van der Waals surface area contributed by atoms with E-state index in [1.54, 1.807) is 6.92 Å². The summed E-state index contributed by atoms with van der Waals surface area (Å²) >= 11 is 0.921. The van der Waals surface area contributed by atoms with Gasteiger partial charge in [-0.15, -0.1) is 11.3 Å². The van der Waals surface area contributed by atoms with E-state index in [1.807, 2.05) is 5.09 Å². The van der Waals surface area contributed by atoms with Crippen molar-refractivity contribution < 1.29 is 46.1 Å². The molecule has 0 aliphatic rings. The molecule has 7 nitrogen and oxygen atoms in total. The van der Waals surface area contributed by atoms with Crippen LogP contribution in [0.25, 0.3) is 10.1 Å². The molecule has 0 fully saturated rings. The van der Waals surface area contributed by atoms with Crippen LogP contribution in [0.3, 0.4) is 0 Å². The number of aromatic carboxylic acids is 1. The van der Waals surface area contributed by atoms with Crippen LogP contribution in [0.2, 0.25) is 0 Å². The van der Waals surface area contributed by atoms with Gasteiger partial charge >= 0.3 is 25.6 Å². The number of rotatable bonds is 10. The van der Waals surface area contributed by atoms with Crippen LogP contribution in [0.15, 0.2) is 24.3 Å². The van der Waals surface area contributed by atoms with Gasteiger partial charge in [-0.1, -0.05) is 13.0 Å². The van der Waals surface area contributed by atoms with Gasteiger partial charge in [-0.3, -0.25) is 9.36 Å². The number of carbonyl (C=O) groups excluding carboxylic acids is 1. The number of ether oxygens (including phenoxy) is 1. The van der Waals surface area contributed by atoms with Gasteiger partial charge < -0.3 is 14.4 Å². The maximum atomic E-state index is 15.2. The maximum absolute atomic E-state index is 15.2. The fourth-order valence-electron chi connectivity index (χ4n) is 2.50. The van der Waals surface area contributed by atoms with E-state index in [2.05, 4.69) is 4.52 Å². The third kappa shape index (κ3) is 6.73. The van der Waals surface area contributed by atoms with Crippen LogP contribution in [0.1, 0.15) is 41.4 Å². The molecule has 13 heteroatoms. The van der Waals surface area contributed by atoms with E-state index in [0.717, 1.165) is 18.3 Å². The molecule has 2 unspecified atom stereocenters. The summed E-state index contributed by atoms with van der Waals surface area (Å²) in [5.41, 5.74) is -0.297. The van der Waals surface area contributed by atoms with E-state index < -0.39 is 44.2 Å². The molecule has 0 amide bonds. The van der Waals surface area contributed by atoms with E-state index in [0.29, 0.717) is 16.5 Å². The van der Waals surface area contributed by atoms with E-state index in [9.17, 15) is 27.3 Å². The molecular formula is C18H20F4NO6PS. The lowest BCUT2D eigenvalue weighted by molar-refractivity contribution is -0.154. The predicted molar refractivity (Wildman–Crippen MR) is 106 cm³/mol. The molecule has 1 aromatic carbocycles. The quantitative estimate of drug-likeness (QED) is 0.269. The van der Waals surface area contributed by atoms with Gasteiger partial charge in [0.2, 0.25) is 5.91 Å². The summed E-state index contributed by atoms with van der Waals surface area (Å²) in [6.07, 6.45) is -4.41. The van der Waals surface area contributed by atoms with Crippen molar-refractivity contribution in [1.29, 1.82) is 0 Å². The molecule has 2 aromatic rings. The molecule has 31 heavy (non-hydrogen) atoms. The second-order valence-electron chi connectivity index (χ2n) is 6.55. The molecule has 2 rings (SSSR count). The summed E-state index contributed by atoms with van der Waals surface area (Å²) < 4.78 is 76.1. The molecule has 0 radical (unpaired) electrons. The smallest absolute Gasteiger partial charge is 0.412 e. The zero-order valence-electron chi connectivity index (χ0n) is 16.4. The van der Waals surface area contributed by atoms with Gasteiger partial charge in [-0.2, -0.15) is 13.2 Å². The SMILES string of the molecule is CCCOC(=O)[C@H](C)NP(=O)(OCC(F)(F)F)C(F)c1ccc2sc(C(=O)O)cc2c1. The first kappa shape index (κ1) is 25.3. The monoisotopic (exact) mass is 485 g/mol. The Hall–Kier alpha value is -2.01. The molecule has 1 aromatic heterocycles. The van der Waals surface area contributed by atoms with Crippen molar-refractivity contribution in [2.45, 2.75) is 38.4 Å². The minimum atomic E-state index is -4.91. The van der Waals surface area contributed by atoms with Crippen molar-refractivity contribution in [3.8, 4) is 0 Å². The number of benzene rings is 1. The Balaban J connectivity index is 2.35. The molecule has 1 heterocycles. The lowest BCUT2D eigenvalue weighted by atomic mass is 10.2. The number of carboxylic acids is 1. The Morgan fingerprint density at radius 3 is 2.55 bits per heavy atom. The van der Waals surface area contributed by atoms with Gasteiger partial charge in [-0.25, -0.2) is 14.3 Å². The number of halogens is 4. The maximum Gasteiger partial charge on any atom is 0.412 e. The zero-order valence-corrected chi connectivity index (χ0v) is 18.2. The number of esters is 1. The number of hydrogen-bond acceptors (Lipinski definition) is 6. The van der Waals surface area contributed by atoms with Gasteiger partial charge in [0.25, 0.3) is 0 Å². The number of carboxylic acid groups (broad SMARTS) is 1. The molecule has 0 bridgehead atoms. The van der Waals surface area contributed by atoms with Gasteiger partial charge in [-0.05, 0) is 42.5 Å². The highest BCUT2D eigenvalue weighted by Gasteiger charge is 2.42. The second-order valence-corrected chi connectivity index (χ2v) is 9.80. The minimum absolute atomic E-state index is 0.0236. The first-order valence-corrected chi connectivity index (χ1v) is 11.5. The van der Waals surface area contributed by atoms with Crippen LogP contribution in [0.5, 0.6) is 0 Å². The van der Waals surface area contributed by atoms with Crippen molar-refractivity contribution in [2.24, 2.45) is 0 Å². The predicted octanol–water partition coefficient (Wildman–Crippen LogP) is 5.27. The molecule has 172 valence electrons. The number of carbonyl (C=O) groups is 2. The van der Waals surface area contributed by atoms with Crippen molar-refractivity contribution in [2.75, 3.05) is 13.2 Å². The lowest BCUT2D eigenvalue weighted by Crippen LogP contribution is -2.35. The van der Waals surface area contributed by atoms with Crippen LogP contribution in [0, 0.1) is 0 Å². The fraction of sp³-hybridized carbons (Fsp3) is 0.444. The van der Waals surface area contributed by atoms with E-state index in [-0.39, 0.29) is 17.0 Å². The van der Waals surface area contributed by atoms with Crippen molar-refractivity contribution in [1.82, 2.24) is 5.09 Å². The van der Waals surface area contributed by atoms with Gasteiger partial charge in [0.1, 0.15) is 10.9 Å². The summed E-state index contributed by atoms with van der Waals surface area (Å²) in [5.74, 6) is -4.68. The van der Waals surface area contributed by atoms with Crippen LogP contribution in [0.4, 0.5) is 17.6 Å². The summed E-state index contributed by atoms with van der Waals surface area (Å²) in [7, 11) is -4.91. The average Bonchev–Trinajstić information content (AvgIpc) is 3.13. The highest BCUT2D eigenvalue weighted by molar-refractivity contribution is 7.57. The Kier molecular flexibility index (Phi) is 8.21. The average molecular weight is 485 g/mol. The highest BCUT2D eigenvalue weighted by Crippen LogP contribution is 2.58. The van der Waals surface area contributed by atoms with E-state index >= 15 is 4.39 Å². The number of hydrogen-bond donors (Lipinski definition) is 2. The molecule has 2 N–H and O–H groups in total. The second kappa shape index (κ2) is 10.1. The number of alkyl halides is 4. The van der Waals surface area contributed by atoms with Crippen LogP contribution < -0.4 is 5.09 Å². The molecular weight excluding hydrogens is 465 g/mol. The van der Waals surface area contributed by atoms with Crippen molar-refractivity contribution in [3.63, 3.8) is 0 Å². The lowest BCUT2D eigenvalue weighted by Gasteiger charge is -2.26. The van der Waals surface area contributed by atoms with Crippen LogP contribution in [-0.2, 0) is 18.6 Å². The van der Waals surface area contributed by atoms with E-state index in [1.165, 1.54) is 24.3 Å². The Morgan fingerprint density at radius 1 is 1.29 bits per heavy atom.